The van der Waals surface area contributed by atoms with Gasteiger partial charge in [-0.1, -0.05) is 60.7 Å². The molecular weight excluding hydrogens is 418 g/mol. The number of ether oxygens (including phenoxy) is 1. The molecule has 0 aliphatic carbocycles. The molecular formula is C26H31N3O4. The first-order valence-electron chi connectivity index (χ1n) is 11.6. The van der Waals surface area contributed by atoms with Crippen LogP contribution in [0.4, 0.5) is 4.79 Å². The Morgan fingerprint density at radius 2 is 1.67 bits per heavy atom. The molecule has 0 aromatic heterocycles. The fraction of sp³-hybridized carbons (Fsp3) is 0.423. The zero-order chi connectivity index (χ0) is 23.2. The van der Waals surface area contributed by atoms with Crippen LogP contribution in [0.5, 0.6) is 0 Å². The molecule has 3 amide bonds. The van der Waals surface area contributed by atoms with Crippen LogP contribution in [0.1, 0.15) is 43.4 Å². The molecule has 4 rings (SSSR count). The molecule has 2 saturated heterocycles. The molecule has 7 heteroatoms. The molecule has 33 heavy (non-hydrogen) atoms. The molecule has 2 unspecified atom stereocenters. The van der Waals surface area contributed by atoms with Crippen LogP contribution in [0.25, 0.3) is 0 Å². The summed E-state index contributed by atoms with van der Waals surface area (Å²) in [5.74, 6) is -0.234. The van der Waals surface area contributed by atoms with Gasteiger partial charge in [-0.15, -0.1) is 0 Å². The van der Waals surface area contributed by atoms with E-state index in [4.69, 9.17) is 4.74 Å². The third-order valence-electron chi connectivity index (χ3n) is 6.60. The third-order valence-corrected chi connectivity index (χ3v) is 6.60. The van der Waals surface area contributed by atoms with Crippen molar-refractivity contribution in [2.75, 3.05) is 19.6 Å². The Hall–Kier alpha value is -3.35. The van der Waals surface area contributed by atoms with Gasteiger partial charge in [0.05, 0.1) is 12.0 Å². The van der Waals surface area contributed by atoms with Crippen LogP contribution in [-0.4, -0.2) is 53.4 Å². The summed E-state index contributed by atoms with van der Waals surface area (Å²) in [6, 6.07) is 19.4. The smallest absolute Gasteiger partial charge is 0.407 e. The Labute approximate surface area is 194 Å². The van der Waals surface area contributed by atoms with Gasteiger partial charge in [-0.2, -0.15) is 0 Å². The maximum atomic E-state index is 13.1. The van der Waals surface area contributed by atoms with Crippen LogP contribution in [0.3, 0.4) is 0 Å². The van der Waals surface area contributed by atoms with Gasteiger partial charge in [0.25, 0.3) is 0 Å². The number of nitrogens with one attached hydrogen (secondary N) is 1. The van der Waals surface area contributed by atoms with Gasteiger partial charge in [-0.25, -0.2) is 4.79 Å². The molecule has 2 atom stereocenters. The maximum Gasteiger partial charge on any atom is 0.407 e. The fourth-order valence-electron chi connectivity index (χ4n) is 4.62. The number of rotatable bonds is 6. The van der Waals surface area contributed by atoms with Crippen molar-refractivity contribution < 1.29 is 19.1 Å². The van der Waals surface area contributed by atoms with E-state index >= 15 is 0 Å². The van der Waals surface area contributed by atoms with E-state index < -0.39 is 6.09 Å². The summed E-state index contributed by atoms with van der Waals surface area (Å²) in [5, 5.41) is 2.90. The second kappa shape index (κ2) is 10.5. The lowest BCUT2D eigenvalue weighted by Crippen LogP contribution is -2.48. The van der Waals surface area contributed by atoms with Crippen molar-refractivity contribution in [3.8, 4) is 0 Å². The number of carbonyl (C=O) groups excluding carboxylic acids is 3. The first kappa shape index (κ1) is 22.8. The largest absolute Gasteiger partial charge is 0.445 e. The molecule has 2 fully saturated rings. The van der Waals surface area contributed by atoms with Gasteiger partial charge in [0.1, 0.15) is 6.61 Å². The second-order valence-corrected chi connectivity index (χ2v) is 8.84. The van der Waals surface area contributed by atoms with Crippen molar-refractivity contribution in [3.05, 3.63) is 71.8 Å². The lowest BCUT2D eigenvalue weighted by atomic mass is 10.0. The van der Waals surface area contributed by atoms with Crippen LogP contribution in [0.15, 0.2) is 60.7 Å². The number of hydrogen-bond acceptors (Lipinski definition) is 4. The minimum Gasteiger partial charge on any atom is -0.445 e. The van der Waals surface area contributed by atoms with Crippen LogP contribution >= 0.6 is 0 Å². The number of nitrogens with zero attached hydrogens (tertiary/aromatic N) is 2. The van der Waals surface area contributed by atoms with Gasteiger partial charge < -0.3 is 19.9 Å². The molecule has 2 aliphatic rings. The van der Waals surface area contributed by atoms with Crippen molar-refractivity contribution >= 4 is 17.9 Å². The first-order valence-corrected chi connectivity index (χ1v) is 11.6. The molecule has 2 aromatic carbocycles. The van der Waals surface area contributed by atoms with Gasteiger partial charge in [-0.3, -0.25) is 9.59 Å². The summed E-state index contributed by atoms with van der Waals surface area (Å²) in [6.45, 7) is 3.84. The summed E-state index contributed by atoms with van der Waals surface area (Å²) >= 11 is 0. The van der Waals surface area contributed by atoms with Gasteiger partial charge in [0.2, 0.25) is 11.8 Å². The van der Waals surface area contributed by atoms with E-state index in [0.29, 0.717) is 32.5 Å². The van der Waals surface area contributed by atoms with E-state index in [1.807, 2.05) is 77.4 Å². The maximum absolute atomic E-state index is 13.1. The number of benzene rings is 2. The number of alkyl carbamates (subject to hydrolysis) is 1. The van der Waals surface area contributed by atoms with E-state index in [-0.39, 0.29) is 42.8 Å². The molecule has 0 saturated carbocycles. The minimum absolute atomic E-state index is 0.0165. The summed E-state index contributed by atoms with van der Waals surface area (Å²) in [7, 11) is 0. The number of carbonyl (C=O) groups is 3. The number of amides is 3. The minimum atomic E-state index is -0.435. The van der Waals surface area contributed by atoms with Crippen LogP contribution in [-0.2, 0) is 20.9 Å². The molecule has 0 bridgehead atoms. The molecule has 174 valence electrons. The topological polar surface area (TPSA) is 79.0 Å². The van der Waals surface area contributed by atoms with E-state index in [0.717, 1.165) is 11.1 Å². The van der Waals surface area contributed by atoms with E-state index in [9.17, 15) is 14.4 Å². The Balaban J connectivity index is 1.22. The second-order valence-electron chi connectivity index (χ2n) is 8.84. The third kappa shape index (κ3) is 5.72. The average Bonchev–Trinajstić information content (AvgIpc) is 3.25. The van der Waals surface area contributed by atoms with Crippen LogP contribution in [0.2, 0.25) is 0 Å². The van der Waals surface area contributed by atoms with E-state index in [1.54, 1.807) is 0 Å². The summed E-state index contributed by atoms with van der Waals surface area (Å²) in [4.78, 5) is 41.4. The predicted octanol–water partition coefficient (Wildman–Crippen LogP) is 3.51. The Morgan fingerprint density at radius 1 is 1.03 bits per heavy atom. The molecule has 1 N–H and O–H groups in total. The van der Waals surface area contributed by atoms with Crippen LogP contribution < -0.4 is 5.32 Å². The molecule has 2 aliphatic heterocycles. The first-order chi connectivity index (χ1) is 16.0. The molecule has 7 nitrogen and oxygen atoms in total. The van der Waals surface area contributed by atoms with E-state index in [2.05, 4.69) is 5.32 Å². The van der Waals surface area contributed by atoms with Gasteiger partial charge >= 0.3 is 6.09 Å². The van der Waals surface area contributed by atoms with Crippen molar-refractivity contribution in [1.82, 2.24) is 15.1 Å². The zero-order valence-corrected chi connectivity index (χ0v) is 19.0. The summed E-state index contributed by atoms with van der Waals surface area (Å²) in [5.41, 5.74) is 2.01. The number of hydrogen-bond donors (Lipinski definition) is 1. The van der Waals surface area contributed by atoms with E-state index in [1.165, 1.54) is 0 Å². The SMILES string of the molecule is CC(c1ccccc1)N1CC(C(=O)N2CCC(NC(=O)OCc3ccccc3)CC2)CC1=O. The highest BCUT2D eigenvalue weighted by molar-refractivity contribution is 5.89. The Kier molecular flexibility index (Phi) is 7.27. The lowest BCUT2D eigenvalue weighted by molar-refractivity contribution is -0.136. The Bertz CT molecular complexity index is 958. The molecule has 0 radical (unpaired) electrons. The normalized spacial score (nSPS) is 19.9. The standard InChI is InChI=1S/C26H31N3O4/c1-19(21-10-6-3-7-11-21)29-17-22(16-24(29)30)25(31)28-14-12-23(13-15-28)27-26(32)33-18-20-8-4-2-5-9-20/h2-11,19,22-23H,12-18H2,1H3,(H,27,32). The summed E-state index contributed by atoms with van der Waals surface area (Å²) in [6.07, 6.45) is 1.18. The van der Waals surface area contributed by atoms with Crippen molar-refractivity contribution in [2.45, 2.75) is 44.9 Å². The van der Waals surface area contributed by atoms with Crippen molar-refractivity contribution in [1.29, 1.82) is 0 Å². The number of piperidine rings is 1. The van der Waals surface area contributed by atoms with Gasteiger partial charge in [-0.05, 0) is 30.9 Å². The quantitative estimate of drug-likeness (QED) is 0.732. The van der Waals surface area contributed by atoms with Crippen molar-refractivity contribution in [3.63, 3.8) is 0 Å². The van der Waals surface area contributed by atoms with Crippen molar-refractivity contribution in [2.24, 2.45) is 5.92 Å². The highest BCUT2D eigenvalue weighted by Gasteiger charge is 2.39. The predicted molar refractivity (Wildman–Crippen MR) is 124 cm³/mol. The van der Waals surface area contributed by atoms with Crippen LogP contribution in [0, 0.1) is 5.92 Å². The lowest BCUT2D eigenvalue weighted by Gasteiger charge is -2.33. The monoisotopic (exact) mass is 449 g/mol. The zero-order valence-electron chi connectivity index (χ0n) is 19.0. The number of likely N-dealkylation sites (tertiary alicyclic amines) is 2. The molecule has 0 spiro atoms. The average molecular weight is 450 g/mol. The summed E-state index contributed by atoms with van der Waals surface area (Å²) < 4.78 is 5.30. The van der Waals surface area contributed by atoms with Gasteiger partial charge in [0, 0.05) is 32.1 Å². The molecule has 2 heterocycles. The molecule has 2 aromatic rings. The van der Waals surface area contributed by atoms with Gasteiger partial charge in [0.15, 0.2) is 0 Å². The highest BCUT2D eigenvalue weighted by Crippen LogP contribution is 2.30. The fourth-order valence-corrected chi connectivity index (χ4v) is 4.62. The Morgan fingerprint density at radius 3 is 2.33 bits per heavy atom. The highest BCUT2D eigenvalue weighted by atomic mass is 16.5.